The second kappa shape index (κ2) is 8.15. The van der Waals surface area contributed by atoms with E-state index in [-0.39, 0.29) is 24.4 Å². The number of halogens is 1. The zero-order chi connectivity index (χ0) is 21.5. The van der Waals surface area contributed by atoms with E-state index in [1.54, 1.807) is 4.90 Å². The van der Waals surface area contributed by atoms with Crippen LogP contribution in [0.5, 0.6) is 0 Å². The number of H-pyrrole nitrogens is 1. The molecular weight excluding hydrogens is 454 g/mol. The van der Waals surface area contributed by atoms with Gasteiger partial charge in [0.1, 0.15) is 6.04 Å². The van der Waals surface area contributed by atoms with Crippen LogP contribution in [0.15, 0.2) is 53.0 Å². The number of carbonyl (C=O) groups excluding carboxylic acids is 2. The minimum atomic E-state index is -0.460. The van der Waals surface area contributed by atoms with Crippen LogP contribution in [0.1, 0.15) is 49.0 Å². The van der Waals surface area contributed by atoms with E-state index in [2.05, 4.69) is 40.0 Å². The van der Waals surface area contributed by atoms with Crippen molar-refractivity contribution in [3.8, 4) is 0 Å². The van der Waals surface area contributed by atoms with Gasteiger partial charge in [0.05, 0.1) is 12.6 Å². The molecule has 0 radical (unpaired) electrons. The lowest BCUT2D eigenvalue weighted by atomic mass is 9.86. The minimum Gasteiger partial charge on any atom is -0.356 e. The molecule has 1 aromatic heterocycles. The Balaban J connectivity index is 1.62. The van der Waals surface area contributed by atoms with Crippen LogP contribution in [0.2, 0.25) is 0 Å². The average molecular weight is 480 g/mol. The normalized spacial score (nSPS) is 20.8. The number of aromatic amines is 1. The van der Waals surface area contributed by atoms with Crippen LogP contribution in [0.3, 0.4) is 0 Å². The minimum absolute atomic E-state index is 0.0235. The Kier molecular flexibility index (Phi) is 5.34. The number of unbranched alkanes of at least 4 members (excludes halogenated alkanes) is 2. The van der Waals surface area contributed by atoms with E-state index in [0.29, 0.717) is 13.0 Å². The van der Waals surface area contributed by atoms with Crippen LogP contribution in [-0.4, -0.2) is 45.7 Å². The standard InChI is InChI=1S/C25H26BrN3O2/c1-2-3-6-12-28-15-22(30)29-21(25(28)31)14-19-18-10-4-5-11-20(18)27-23(19)24(29)16-8-7-9-17(26)13-16/h4-5,7-11,13,21,24,27H,2-3,6,12,14-15H2,1H3/t21-,24?/m0/s1. The van der Waals surface area contributed by atoms with Crippen molar-refractivity contribution in [3.05, 3.63) is 69.8 Å². The SMILES string of the molecule is CCCCCN1CC(=O)N2C(c3cccc(Br)c3)c3[nH]c4ccccc4c3C[C@H]2C1=O. The summed E-state index contributed by atoms with van der Waals surface area (Å²) in [5.41, 5.74) is 4.23. The number of aromatic nitrogens is 1. The van der Waals surface area contributed by atoms with E-state index in [1.807, 2.05) is 41.3 Å². The molecule has 0 saturated carbocycles. The van der Waals surface area contributed by atoms with Crippen molar-refractivity contribution in [2.45, 2.75) is 44.7 Å². The Hall–Kier alpha value is -2.60. The quantitative estimate of drug-likeness (QED) is 0.534. The molecule has 6 heteroatoms. The van der Waals surface area contributed by atoms with E-state index < -0.39 is 6.04 Å². The summed E-state index contributed by atoms with van der Waals surface area (Å²) >= 11 is 3.57. The molecule has 0 aliphatic carbocycles. The smallest absolute Gasteiger partial charge is 0.246 e. The fourth-order valence-electron chi connectivity index (χ4n) is 5.09. The summed E-state index contributed by atoms with van der Waals surface area (Å²) in [7, 11) is 0. The van der Waals surface area contributed by atoms with Crippen LogP contribution < -0.4 is 0 Å². The van der Waals surface area contributed by atoms with Crippen molar-refractivity contribution in [1.82, 2.24) is 14.8 Å². The molecule has 2 atom stereocenters. The van der Waals surface area contributed by atoms with Gasteiger partial charge in [-0.2, -0.15) is 0 Å². The Morgan fingerprint density at radius 3 is 2.74 bits per heavy atom. The van der Waals surface area contributed by atoms with Gasteiger partial charge < -0.3 is 14.8 Å². The summed E-state index contributed by atoms with van der Waals surface area (Å²) < 4.78 is 0.960. The maximum absolute atomic E-state index is 13.5. The zero-order valence-electron chi connectivity index (χ0n) is 17.6. The number of para-hydroxylation sites is 1. The highest BCUT2D eigenvalue weighted by Gasteiger charge is 2.48. The zero-order valence-corrected chi connectivity index (χ0v) is 19.2. The number of amides is 2. The number of carbonyl (C=O) groups is 2. The molecular formula is C25H26BrN3O2. The summed E-state index contributed by atoms with van der Waals surface area (Å²) in [6, 6.07) is 15.5. The number of benzene rings is 2. The molecule has 3 aromatic rings. The van der Waals surface area contributed by atoms with E-state index in [9.17, 15) is 9.59 Å². The number of hydrogen-bond acceptors (Lipinski definition) is 2. The molecule has 1 unspecified atom stereocenters. The number of rotatable bonds is 5. The van der Waals surface area contributed by atoms with Gasteiger partial charge in [0.15, 0.2) is 0 Å². The summed E-state index contributed by atoms with van der Waals surface area (Å²) in [5.74, 6) is 0.0991. The predicted octanol–water partition coefficient (Wildman–Crippen LogP) is 4.81. The van der Waals surface area contributed by atoms with Crippen LogP contribution >= 0.6 is 15.9 Å². The first-order chi connectivity index (χ1) is 15.1. The molecule has 1 fully saturated rings. The molecule has 160 valence electrons. The van der Waals surface area contributed by atoms with E-state index >= 15 is 0 Å². The lowest BCUT2D eigenvalue weighted by Crippen LogP contribution is -2.63. The van der Waals surface area contributed by atoms with Crippen molar-refractivity contribution < 1.29 is 9.59 Å². The Morgan fingerprint density at radius 2 is 1.94 bits per heavy atom. The Labute approximate surface area is 190 Å². The van der Waals surface area contributed by atoms with Gasteiger partial charge in [-0.3, -0.25) is 9.59 Å². The van der Waals surface area contributed by atoms with Crippen molar-refractivity contribution >= 4 is 38.6 Å². The van der Waals surface area contributed by atoms with E-state index in [0.717, 1.165) is 51.5 Å². The fourth-order valence-corrected chi connectivity index (χ4v) is 5.51. The number of nitrogens with one attached hydrogen (secondary N) is 1. The number of hydrogen-bond donors (Lipinski definition) is 1. The topological polar surface area (TPSA) is 56.4 Å². The van der Waals surface area contributed by atoms with Gasteiger partial charge in [0, 0.05) is 34.0 Å². The van der Waals surface area contributed by atoms with Crippen molar-refractivity contribution in [2.24, 2.45) is 0 Å². The molecule has 2 aliphatic heterocycles. The molecule has 1 saturated heterocycles. The predicted molar refractivity (Wildman–Crippen MR) is 125 cm³/mol. The highest BCUT2D eigenvalue weighted by atomic mass is 79.9. The van der Waals surface area contributed by atoms with Crippen molar-refractivity contribution in [3.63, 3.8) is 0 Å². The number of nitrogens with zero attached hydrogens (tertiary/aromatic N) is 2. The average Bonchev–Trinajstić information content (AvgIpc) is 3.14. The number of fused-ring (bicyclic) bond motifs is 4. The molecule has 31 heavy (non-hydrogen) atoms. The van der Waals surface area contributed by atoms with Crippen LogP contribution in [0.25, 0.3) is 10.9 Å². The fraction of sp³-hybridized carbons (Fsp3) is 0.360. The molecule has 5 rings (SSSR count). The first-order valence-electron chi connectivity index (χ1n) is 11.0. The third-order valence-electron chi connectivity index (χ3n) is 6.54. The Bertz CT molecular complexity index is 1150. The molecule has 3 heterocycles. The van der Waals surface area contributed by atoms with Gasteiger partial charge in [-0.15, -0.1) is 0 Å². The van der Waals surface area contributed by atoms with Crippen LogP contribution in [0.4, 0.5) is 0 Å². The van der Waals surface area contributed by atoms with E-state index in [4.69, 9.17) is 0 Å². The highest BCUT2D eigenvalue weighted by molar-refractivity contribution is 9.10. The van der Waals surface area contributed by atoms with Gasteiger partial charge in [-0.1, -0.05) is 66.0 Å². The third kappa shape index (κ3) is 3.47. The van der Waals surface area contributed by atoms with Crippen LogP contribution in [0, 0.1) is 0 Å². The van der Waals surface area contributed by atoms with Gasteiger partial charge >= 0.3 is 0 Å². The molecule has 2 aromatic carbocycles. The molecule has 0 spiro atoms. The van der Waals surface area contributed by atoms with Gasteiger partial charge in [0.25, 0.3) is 0 Å². The molecule has 2 aliphatic rings. The second-order valence-corrected chi connectivity index (χ2v) is 9.42. The maximum atomic E-state index is 13.5. The van der Waals surface area contributed by atoms with E-state index in [1.165, 1.54) is 0 Å². The summed E-state index contributed by atoms with van der Waals surface area (Å²) in [5, 5.41) is 1.14. The molecule has 5 nitrogen and oxygen atoms in total. The first-order valence-corrected chi connectivity index (χ1v) is 11.8. The molecule has 2 amide bonds. The maximum Gasteiger partial charge on any atom is 0.246 e. The number of piperazine rings is 1. The summed E-state index contributed by atoms with van der Waals surface area (Å²) in [4.78, 5) is 34.1. The van der Waals surface area contributed by atoms with Crippen molar-refractivity contribution in [2.75, 3.05) is 13.1 Å². The van der Waals surface area contributed by atoms with Crippen molar-refractivity contribution in [1.29, 1.82) is 0 Å². The summed E-state index contributed by atoms with van der Waals surface area (Å²) in [6.07, 6.45) is 3.66. The monoisotopic (exact) mass is 479 g/mol. The third-order valence-corrected chi connectivity index (χ3v) is 7.03. The highest BCUT2D eigenvalue weighted by Crippen LogP contribution is 2.42. The molecule has 0 bridgehead atoms. The van der Waals surface area contributed by atoms with Crippen LogP contribution in [-0.2, 0) is 16.0 Å². The Morgan fingerprint density at radius 1 is 1.10 bits per heavy atom. The lowest BCUT2D eigenvalue weighted by Gasteiger charge is -2.47. The lowest BCUT2D eigenvalue weighted by molar-refractivity contribution is -0.158. The van der Waals surface area contributed by atoms with Gasteiger partial charge in [-0.05, 0) is 35.7 Å². The van der Waals surface area contributed by atoms with Gasteiger partial charge in [-0.25, -0.2) is 0 Å². The second-order valence-electron chi connectivity index (χ2n) is 8.51. The summed E-state index contributed by atoms with van der Waals surface area (Å²) in [6.45, 7) is 2.97. The first kappa shape index (κ1) is 20.3. The molecule has 1 N–H and O–H groups in total. The largest absolute Gasteiger partial charge is 0.356 e. The van der Waals surface area contributed by atoms with Gasteiger partial charge in [0.2, 0.25) is 11.8 Å².